The molecule has 1 fully saturated rings. The molecule has 1 rings (SSSR count). The smallest absolute Gasteiger partial charge is 0.303 e. The first kappa shape index (κ1) is 27.5. The number of hydrogen-bond acceptors (Lipinski definition) is 8. The quantitative estimate of drug-likeness (QED) is 0.0785. The van der Waals surface area contributed by atoms with Crippen molar-refractivity contribution < 1.29 is 70.9 Å². The maximum atomic E-state index is 13.2. The fourth-order valence-corrected chi connectivity index (χ4v) is 2.64. The van der Waals surface area contributed by atoms with Gasteiger partial charge in [0, 0.05) is 20.8 Å². The summed E-state index contributed by atoms with van der Waals surface area (Å²) in [6.07, 6.45) is 0.900. The highest BCUT2D eigenvalue weighted by molar-refractivity contribution is 5.68. The number of ether oxygens (including phenoxy) is 5. The van der Waals surface area contributed by atoms with Gasteiger partial charge in [0.15, 0.2) is 24.6 Å². The van der Waals surface area contributed by atoms with Gasteiger partial charge in [-0.3, -0.25) is 18.9 Å². The molecule has 0 amide bonds. The minimum absolute atomic E-state index is 0. The average molecular weight is 531 g/mol. The van der Waals surface area contributed by atoms with Crippen LogP contribution < -0.4 is 24.0 Å². The molecule has 0 bridgehead atoms. The Morgan fingerprint density at radius 1 is 1.10 bits per heavy atom. The van der Waals surface area contributed by atoms with Gasteiger partial charge in [-0.25, -0.2) is 0 Å². The Morgan fingerprint density at radius 2 is 1.66 bits per heavy atom. The summed E-state index contributed by atoms with van der Waals surface area (Å²) in [4.78, 5) is 34.3. The SMILES string of the molecule is C#CC[N+](C)(CF)CCO[C@H]1OC[C@@H](OC(C)=O)[C@H](OC(C)=O)[C@H]1OC(C)=O.[I-]. The lowest BCUT2D eigenvalue weighted by Gasteiger charge is -2.40. The molecule has 1 unspecified atom stereocenters. The van der Waals surface area contributed by atoms with Crippen LogP contribution in [0.2, 0.25) is 0 Å². The van der Waals surface area contributed by atoms with Crippen molar-refractivity contribution in [1.29, 1.82) is 0 Å². The second-order valence-electron chi connectivity index (χ2n) is 6.69. The van der Waals surface area contributed by atoms with E-state index >= 15 is 0 Å². The molecule has 0 aromatic heterocycles. The topological polar surface area (TPSA) is 97.4 Å². The minimum atomic E-state index is -1.17. The van der Waals surface area contributed by atoms with Gasteiger partial charge in [0.1, 0.15) is 13.1 Å². The standard InChI is InChI=1S/C18H27FNO8.HI/c1-6-7-20(5,11-19)8-9-24-18-17(28-14(4)23)16(27-13(3)22)15(10-25-18)26-12(2)21;/h1,15-18H,7-11H2,2-5H3;1H/q+1;/p-1/t15-,16+,17-,18+,20?;/m1./s1. The van der Waals surface area contributed by atoms with Crippen molar-refractivity contribution in [2.24, 2.45) is 0 Å². The molecule has 0 aromatic rings. The summed E-state index contributed by atoms with van der Waals surface area (Å²) in [5, 5.41) is 0. The van der Waals surface area contributed by atoms with E-state index in [9.17, 15) is 18.8 Å². The van der Waals surface area contributed by atoms with Crippen molar-refractivity contribution in [3.63, 3.8) is 0 Å². The lowest BCUT2D eigenvalue weighted by Crippen LogP contribution is -3.00. The number of alkyl halides is 1. The normalized spacial score (nSPS) is 25.5. The molecular formula is C18H27FINO8. The summed E-state index contributed by atoms with van der Waals surface area (Å²) < 4.78 is 39.8. The van der Waals surface area contributed by atoms with E-state index in [1.165, 1.54) is 20.8 Å². The number of carbonyl (C=O) groups is 3. The van der Waals surface area contributed by atoms with Crippen LogP contribution in [0.3, 0.4) is 0 Å². The zero-order chi connectivity index (χ0) is 21.3. The molecule has 1 heterocycles. The number of terminal acetylenes is 1. The maximum absolute atomic E-state index is 13.2. The number of carbonyl (C=O) groups excluding carboxylic acids is 3. The van der Waals surface area contributed by atoms with Gasteiger partial charge in [-0.1, -0.05) is 0 Å². The van der Waals surface area contributed by atoms with E-state index in [-0.39, 0.29) is 54.8 Å². The largest absolute Gasteiger partial charge is 1.00 e. The van der Waals surface area contributed by atoms with E-state index in [4.69, 9.17) is 30.1 Å². The van der Waals surface area contributed by atoms with Crippen LogP contribution in [0.1, 0.15) is 20.8 Å². The molecule has 0 aliphatic carbocycles. The van der Waals surface area contributed by atoms with Gasteiger partial charge < -0.3 is 47.7 Å². The van der Waals surface area contributed by atoms with Crippen molar-refractivity contribution in [2.45, 2.75) is 45.4 Å². The Balaban J connectivity index is 0.00000784. The third-order valence-electron chi connectivity index (χ3n) is 3.98. The first-order chi connectivity index (χ1) is 13.1. The number of hydrogen-bond donors (Lipinski definition) is 0. The molecule has 1 aliphatic rings. The summed E-state index contributed by atoms with van der Waals surface area (Å²) in [6, 6.07) is 0. The number of esters is 3. The number of likely N-dealkylation sites (N-methyl/N-ethyl adjacent to an activating group) is 1. The average Bonchev–Trinajstić information content (AvgIpc) is 2.58. The highest BCUT2D eigenvalue weighted by atomic mass is 127. The lowest BCUT2D eigenvalue weighted by atomic mass is 10.0. The molecule has 0 N–H and O–H groups in total. The third kappa shape index (κ3) is 9.24. The molecule has 1 saturated heterocycles. The van der Waals surface area contributed by atoms with Gasteiger partial charge in [0.05, 0.1) is 20.3 Å². The molecule has 1 aliphatic heterocycles. The summed E-state index contributed by atoms with van der Waals surface area (Å²) in [5.41, 5.74) is 0. The summed E-state index contributed by atoms with van der Waals surface area (Å²) in [7, 11) is 1.63. The molecule has 29 heavy (non-hydrogen) atoms. The van der Waals surface area contributed by atoms with Crippen LogP contribution in [0.15, 0.2) is 0 Å². The summed E-state index contributed by atoms with van der Waals surface area (Å²) in [5.74, 6) is 0.468. The molecule has 166 valence electrons. The third-order valence-corrected chi connectivity index (χ3v) is 3.98. The summed E-state index contributed by atoms with van der Waals surface area (Å²) in [6.45, 7) is 3.15. The molecule has 0 spiro atoms. The van der Waals surface area contributed by atoms with Gasteiger partial charge in [-0.05, 0) is 5.92 Å². The van der Waals surface area contributed by atoms with Gasteiger partial charge in [-0.2, -0.15) is 4.39 Å². The Bertz CT molecular complexity index is 613. The Kier molecular flexibility index (Phi) is 12.3. The van der Waals surface area contributed by atoms with E-state index in [0.29, 0.717) is 0 Å². The van der Waals surface area contributed by atoms with E-state index in [1.54, 1.807) is 7.05 Å². The molecule has 0 saturated carbocycles. The first-order valence-electron chi connectivity index (χ1n) is 8.69. The number of halogens is 2. The Labute approximate surface area is 186 Å². The van der Waals surface area contributed by atoms with Crippen LogP contribution in [0.4, 0.5) is 4.39 Å². The van der Waals surface area contributed by atoms with Crippen LogP contribution in [0.5, 0.6) is 0 Å². The molecule has 11 heteroatoms. The fraction of sp³-hybridized carbons (Fsp3) is 0.722. The second kappa shape index (κ2) is 12.9. The maximum Gasteiger partial charge on any atom is 0.303 e. The Morgan fingerprint density at radius 3 is 2.14 bits per heavy atom. The van der Waals surface area contributed by atoms with Gasteiger partial charge >= 0.3 is 17.9 Å². The highest BCUT2D eigenvalue weighted by Gasteiger charge is 2.47. The van der Waals surface area contributed by atoms with Crippen molar-refractivity contribution in [2.75, 3.05) is 40.1 Å². The van der Waals surface area contributed by atoms with Crippen LogP contribution >= 0.6 is 0 Å². The molecule has 9 nitrogen and oxygen atoms in total. The van der Waals surface area contributed by atoms with Crippen LogP contribution in [0.25, 0.3) is 0 Å². The first-order valence-corrected chi connectivity index (χ1v) is 8.69. The van der Waals surface area contributed by atoms with Gasteiger partial charge in [0.2, 0.25) is 6.80 Å². The summed E-state index contributed by atoms with van der Waals surface area (Å²) >= 11 is 0. The van der Waals surface area contributed by atoms with Gasteiger partial charge in [-0.15, -0.1) is 6.42 Å². The van der Waals surface area contributed by atoms with Crippen LogP contribution in [0, 0.1) is 12.3 Å². The lowest BCUT2D eigenvalue weighted by molar-refractivity contribution is -0.915. The van der Waals surface area contributed by atoms with E-state index in [0.717, 1.165) is 0 Å². The van der Waals surface area contributed by atoms with E-state index in [2.05, 4.69) is 5.92 Å². The van der Waals surface area contributed by atoms with Crippen molar-refractivity contribution in [1.82, 2.24) is 0 Å². The molecular weight excluding hydrogens is 504 g/mol. The molecule has 0 aromatic carbocycles. The van der Waals surface area contributed by atoms with Crippen molar-refractivity contribution in [3.05, 3.63) is 0 Å². The Hall–Kier alpha value is -1.49. The predicted octanol–water partition coefficient (Wildman–Crippen LogP) is -2.83. The van der Waals surface area contributed by atoms with E-state index < -0.39 is 49.3 Å². The van der Waals surface area contributed by atoms with E-state index in [1.807, 2.05) is 0 Å². The zero-order valence-electron chi connectivity index (χ0n) is 16.9. The molecule has 5 atom stereocenters. The zero-order valence-corrected chi connectivity index (χ0v) is 19.0. The van der Waals surface area contributed by atoms with Crippen molar-refractivity contribution in [3.8, 4) is 12.3 Å². The monoisotopic (exact) mass is 531 g/mol. The second-order valence-corrected chi connectivity index (χ2v) is 6.69. The number of nitrogens with zero attached hydrogens (tertiary/aromatic N) is 1. The fourth-order valence-electron chi connectivity index (χ4n) is 2.64. The number of quaternary nitrogens is 1. The predicted molar refractivity (Wildman–Crippen MR) is 93.1 cm³/mol. The van der Waals surface area contributed by atoms with Gasteiger partial charge in [0.25, 0.3) is 0 Å². The number of rotatable bonds is 9. The molecule has 0 radical (unpaired) electrons. The minimum Gasteiger partial charge on any atom is -1.00 e. The van der Waals surface area contributed by atoms with Crippen LogP contribution in [-0.4, -0.2) is 87.1 Å². The van der Waals surface area contributed by atoms with Crippen LogP contribution in [-0.2, 0) is 38.1 Å². The highest BCUT2D eigenvalue weighted by Crippen LogP contribution is 2.25. The van der Waals surface area contributed by atoms with Crippen molar-refractivity contribution >= 4 is 17.9 Å².